The second-order valence-electron chi connectivity index (χ2n) is 6.80. The summed E-state index contributed by atoms with van der Waals surface area (Å²) < 4.78 is 22.2. The first kappa shape index (κ1) is 19.1. The lowest BCUT2D eigenvalue weighted by Crippen LogP contribution is -2.40. The largest absolute Gasteiger partial charge is 0.377 e. The highest BCUT2D eigenvalue weighted by Gasteiger charge is 2.20. The van der Waals surface area contributed by atoms with Crippen molar-refractivity contribution < 1.29 is 9.13 Å². The van der Waals surface area contributed by atoms with Crippen LogP contribution in [0.2, 0.25) is 0 Å². The Labute approximate surface area is 157 Å². The van der Waals surface area contributed by atoms with Crippen molar-refractivity contribution in [2.45, 2.75) is 32.4 Å². The number of rotatable bonds is 5. The van der Waals surface area contributed by atoms with E-state index < -0.39 is 11.2 Å². The summed E-state index contributed by atoms with van der Waals surface area (Å²) in [5.74, 6) is -0.0358. The van der Waals surface area contributed by atoms with Gasteiger partial charge in [0.05, 0.1) is 18.3 Å². The second-order valence-corrected chi connectivity index (χ2v) is 6.80. The number of halogens is 1. The minimum absolute atomic E-state index is 0.00224. The Bertz CT molecular complexity index is 966. The zero-order valence-electron chi connectivity index (χ0n) is 15.7. The highest BCUT2D eigenvalue weighted by Crippen LogP contribution is 2.28. The smallest absolute Gasteiger partial charge is 0.337 e. The fourth-order valence-corrected chi connectivity index (χ4v) is 3.26. The minimum atomic E-state index is -0.570. The summed E-state index contributed by atoms with van der Waals surface area (Å²) in [6.07, 6.45) is 10.1. The van der Waals surface area contributed by atoms with E-state index in [0.717, 1.165) is 10.1 Å². The molecule has 1 N–H and O–H groups in total. The third-order valence-corrected chi connectivity index (χ3v) is 4.83. The molecule has 6 nitrogen and oxygen atoms in total. The molecule has 2 atom stereocenters. The summed E-state index contributed by atoms with van der Waals surface area (Å²) in [5, 5.41) is 2.82. The molecule has 27 heavy (non-hydrogen) atoms. The van der Waals surface area contributed by atoms with E-state index >= 15 is 0 Å². The first-order valence-electron chi connectivity index (χ1n) is 8.96. The van der Waals surface area contributed by atoms with Crippen molar-refractivity contribution in [1.82, 2.24) is 9.13 Å². The number of allylic oxidation sites excluding steroid dienone is 6. The maximum Gasteiger partial charge on any atom is 0.337 e. The van der Waals surface area contributed by atoms with Crippen LogP contribution in [0.1, 0.15) is 19.8 Å². The fourth-order valence-electron chi connectivity index (χ4n) is 3.26. The van der Waals surface area contributed by atoms with Gasteiger partial charge in [-0.3, -0.25) is 9.36 Å². The third-order valence-electron chi connectivity index (χ3n) is 4.83. The summed E-state index contributed by atoms with van der Waals surface area (Å²) in [4.78, 5) is 25.6. The maximum absolute atomic E-state index is 14.6. The fraction of sp³-hybridized carbons (Fsp3) is 0.400. The predicted octanol–water partition coefficient (Wildman–Crippen LogP) is 2.69. The Morgan fingerprint density at radius 3 is 2.67 bits per heavy atom. The van der Waals surface area contributed by atoms with E-state index in [2.05, 4.69) is 5.32 Å². The molecule has 144 valence electrons. The Kier molecular flexibility index (Phi) is 5.60. The van der Waals surface area contributed by atoms with Crippen LogP contribution in [-0.2, 0) is 11.3 Å². The highest BCUT2D eigenvalue weighted by molar-refractivity contribution is 5.65. The van der Waals surface area contributed by atoms with Crippen molar-refractivity contribution >= 4 is 11.5 Å². The number of ether oxygens (including phenoxy) is 1. The molecule has 1 aromatic heterocycles. The summed E-state index contributed by atoms with van der Waals surface area (Å²) in [6, 6.07) is 1.32. The molecule has 0 bridgehead atoms. The van der Waals surface area contributed by atoms with Crippen LogP contribution in [0, 0.1) is 5.92 Å². The lowest BCUT2D eigenvalue weighted by atomic mass is 10.0. The van der Waals surface area contributed by atoms with Crippen LogP contribution in [0.4, 0.5) is 10.2 Å². The molecular formula is C20H24FN3O3. The van der Waals surface area contributed by atoms with Crippen LogP contribution in [0.3, 0.4) is 0 Å². The van der Waals surface area contributed by atoms with E-state index in [1.807, 2.05) is 31.2 Å². The van der Waals surface area contributed by atoms with E-state index in [1.54, 1.807) is 20.2 Å². The predicted molar refractivity (Wildman–Crippen MR) is 104 cm³/mol. The van der Waals surface area contributed by atoms with Crippen LogP contribution in [0.15, 0.2) is 57.4 Å². The number of anilines is 1. The maximum atomic E-state index is 14.6. The first-order valence-corrected chi connectivity index (χ1v) is 8.96. The van der Waals surface area contributed by atoms with E-state index in [4.69, 9.17) is 4.74 Å². The Hall–Kier alpha value is -2.67. The van der Waals surface area contributed by atoms with Gasteiger partial charge in [0, 0.05) is 26.6 Å². The highest BCUT2D eigenvalue weighted by atomic mass is 19.1. The van der Waals surface area contributed by atoms with Crippen LogP contribution < -0.4 is 16.6 Å². The molecule has 0 saturated heterocycles. The van der Waals surface area contributed by atoms with Crippen LogP contribution in [0.25, 0.3) is 5.70 Å². The number of methoxy groups -OCH3 is 1. The van der Waals surface area contributed by atoms with E-state index in [1.165, 1.54) is 10.6 Å². The van der Waals surface area contributed by atoms with Gasteiger partial charge in [-0.15, -0.1) is 0 Å². The molecule has 0 aliphatic heterocycles. The number of nitrogens with one attached hydrogen (secondary N) is 1. The minimum Gasteiger partial charge on any atom is -0.377 e. The summed E-state index contributed by atoms with van der Waals surface area (Å²) in [7, 11) is 3.23. The van der Waals surface area contributed by atoms with Crippen molar-refractivity contribution in [1.29, 1.82) is 0 Å². The SMILES string of the molecule is CNc1cc(=O)n(CC2=CCC(OC)C=C2)c(=O)n1C1=C(F)CC(C)C=C1. The molecular weight excluding hydrogens is 349 g/mol. The van der Waals surface area contributed by atoms with Gasteiger partial charge in [-0.05, 0) is 24.0 Å². The average molecular weight is 373 g/mol. The zero-order chi connectivity index (χ0) is 19.6. The van der Waals surface area contributed by atoms with Gasteiger partial charge in [0.1, 0.15) is 11.6 Å². The third kappa shape index (κ3) is 3.88. The monoisotopic (exact) mass is 373 g/mol. The van der Waals surface area contributed by atoms with Crippen molar-refractivity contribution in [2.24, 2.45) is 5.92 Å². The molecule has 1 heterocycles. The van der Waals surface area contributed by atoms with Crippen molar-refractivity contribution in [3.05, 3.63) is 68.7 Å². The molecule has 1 aromatic rings. The number of hydrogen-bond acceptors (Lipinski definition) is 4. The summed E-state index contributed by atoms with van der Waals surface area (Å²) >= 11 is 0. The van der Waals surface area contributed by atoms with Gasteiger partial charge in [-0.2, -0.15) is 0 Å². The number of nitrogens with zero attached hydrogens (tertiary/aromatic N) is 2. The number of hydrogen-bond donors (Lipinski definition) is 1. The van der Waals surface area contributed by atoms with Gasteiger partial charge < -0.3 is 10.1 Å². The molecule has 2 aliphatic carbocycles. The normalized spacial score (nSPS) is 22.1. The lowest BCUT2D eigenvalue weighted by molar-refractivity contribution is 0.142. The van der Waals surface area contributed by atoms with Crippen LogP contribution >= 0.6 is 0 Å². The molecule has 2 aliphatic rings. The Morgan fingerprint density at radius 2 is 2.07 bits per heavy atom. The zero-order valence-corrected chi connectivity index (χ0v) is 15.7. The van der Waals surface area contributed by atoms with Gasteiger partial charge in [-0.1, -0.05) is 31.2 Å². The van der Waals surface area contributed by atoms with Crippen molar-refractivity contribution in [3.8, 4) is 0 Å². The molecule has 0 saturated carbocycles. The molecule has 0 amide bonds. The van der Waals surface area contributed by atoms with Gasteiger partial charge in [0.2, 0.25) is 0 Å². The molecule has 0 fully saturated rings. The molecule has 0 radical (unpaired) electrons. The van der Waals surface area contributed by atoms with E-state index in [-0.39, 0.29) is 42.3 Å². The molecule has 2 unspecified atom stereocenters. The van der Waals surface area contributed by atoms with Crippen molar-refractivity contribution in [3.63, 3.8) is 0 Å². The van der Waals surface area contributed by atoms with Gasteiger partial charge >= 0.3 is 5.69 Å². The van der Waals surface area contributed by atoms with E-state index in [9.17, 15) is 14.0 Å². The molecule has 7 heteroatoms. The first-order chi connectivity index (χ1) is 12.9. The molecule has 0 aromatic carbocycles. The standard InChI is InChI=1S/C20H24FN3O3/c1-13-4-9-17(16(21)10-13)24-18(22-2)11-19(25)23(20(24)26)12-14-5-7-15(27-3)8-6-14/h4-7,9,11,13,15,22H,8,10,12H2,1-3H3. The van der Waals surface area contributed by atoms with Gasteiger partial charge in [0.15, 0.2) is 0 Å². The van der Waals surface area contributed by atoms with Gasteiger partial charge in [0.25, 0.3) is 5.56 Å². The molecule has 0 spiro atoms. The molecule has 3 rings (SSSR count). The number of aromatic nitrogens is 2. The second kappa shape index (κ2) is 7.92. The van der Waals surface area contributed by atoms with Crippen LogP contribution in [-0.4, -0.2) is 29.4 Å². The Morgan fingerprint density at radius 1 is 1.30 bits per heavy atom. The quantitative estimate of drug-likeness (QED) is 0.862. The summed E-state index contributed by atoms with van der Waals surface area (Å²) in [5.41, 5.74) is 0.00892. The van der Waals surface area contributed by atoms with Crippen molar-refractivity contribution in [2.75, 3.05) is 19.5 Å². The topological polar surface area (TPSA) is 65.3 Å². The Balaban J connectivity index is 2.05. The summed E-state index contributed by atoms with van der Waals surface area (Å²) in [6.45, 7) is 2.04. The lowest BCUT2D eigenvalue weighted by Gasteiger charge is -2.20. The average Bonchev–Trinajstić information content (AvgIpc) is 2.66. The van der Waals surface area contributed by atoms with E-state index in [0.29, 0.717) is 6.42 Å². The van der Waals surface area contributed by atoms with Crippen LogP contribution in [0.5, 0.6) is 0 Å². The van der Waals surface area contributed by atoms with Gasteiger partial charge in [-0.25, -0.2) is 13.8 Å².